The summed E-state index contributed by atoms with van der Waals surface area (Å²) >= 11 is 6.07. The highest BCUT2D eigenvalue weighted by Gasteiger charge is 2.40. The van der Waals surface area contributed by atoms with Gasteiger partial charge in [0.15, 0.2) is 5.60 Å². The Hall–Kier alpha value is -3.40. The molecule has 17 heteroatoms. The van der Waals surface area contributed by atoms with Crippen LogP contribution >= 0.6 is 36.4 Å². The van der Waals surface area contributed by atoms with Crippen molar-refractivity contribution in [2.45, 2.75) is 38.0 Å². The second-order valence-corrected chi connectivity index (χ2v) is 9.75. The standard InChI is InChI=1S/C21H25ClFN3O3.C6H8O7.2ClH/c1-2-28-20-10-19(24)18(22)9-17(20)21(27)25-11-16-13-26(7-8-29-16)12-14-3-5-15(23)6-4-14;7-3(8)1-6(13,5(11)12)2-4(9)10;;/h3-6,9-10,16H,2,7-8,11-13,24H2,1H3,(H,25,27);13H,1-2H2,(H,7,8)(H,9,10)(H,11,12);2*1H. The van der Waals surface area contributed by atoms with Crippen molar-refractivity contribution in [3.63, 3.8) is 0 Å². The summed E-state index contributed by atoms with van der Waals surface area (Å²) in [6, 6.07) is 9.55. The lowest BCUT2D eigenvalue weighted by atomic mass is 9.96. The number of nitrogens with zero attached hydrogens (tertiary/aromatic N) is 1. The van der Waals surface area contributed by atoms with Gasteiger partial charge >= 0.3 is 17.9 Å². The van der Waals surface area contributed by atoms with E-state index >= 15 is 0 Å². The third-order valence-electron chi connectivity index (χ3n) is 5.96. The molecule has 0 saturated carbocycles. The van der Waals surface area contributed by atoms with E-state index in [0.717, 1.165) is 12.1 Å². The van der Waals surface area contributed by atoms with E-state index in [4.69, 9.17) is 47.2 Å². The van der Waals surface area contributed by atoms with Crippen LogP contribution in [-0.2, 0) is 25.7 Å². The molecule has 1 atom stereocenters. The average molecular weight is 687 g/mol. The van der Waals surface area contributed by atoms with Crippen LogP contribution in [0.3, 0.4) is 0 Å². The fraction of sp³-hybridized carbons (Fsp3) is 0.407. The Kier molecular flexibility index (Phi) is 17.6. The highest BCUT2D eigenvalue weighted by atomic mass is 35.5. The van der Waals surface area contributed by atoms with Gasteiger partial charge in [0.05, 0.1) is 48.4 Å². The molecule has 1 saturated heterocycles. The molecule has 0 radical (unpaired) electrons. The number of aliphatic carboxylic acids is 3. The van der Waals surface area contributed by atoms with Crippen molar-refractivity contribution >= 4 is 65.9 Å². The van der Waals surface area contributed by atoms with Gasteiger partial charge in [-0.2, -0.15) is 0 Å². The Labute approximate surface area is 269 Å². The lowest BCUT2D eigenvalue weighted by molar-refractivity contribution is -0.170. The maximum absolute atomic E-state index is 13.1. The minimum atomic E-state index is -2.74. The molecule has 1 aliphatic heterocycles. The number of aliphatic hydroxyl groups is 1. The van der Waals surface area contributed by atoms with Crippen molar-refractivity contribution in [2.24, 2.45) is 0 Å². The average Bonchev–Trinajstić information content (AvgIpc) is 2.90. The molecule has 0 aromatic heterocycles. The zero-order chi connectivity index (χ0) is 31.4. The Morgan fingerprint density at radius 3 is 2.23 bits per heavy atom. The molecule has 1 amide bonds. The van der Waals surface area contributed by atoms with E-state index in [0.29, 0.717) is 54.9 Å². The summed E-state index contributed by atoms with van der Waals surface area (Å²) < 4.78 is 24.4. The molecule has 44 heavy (non-hydrogen) atoms. The number of nitrogens with two attached hydrogens (primary N) is 1. The van der Waals surface area contributed by atoms with E-state index < -0.39 is 36.4 Å². The van der Waals surface area contributed by atoms with Crippen LogP contribution in [0, 0.1) is 5.82 Å². The topological polar surface area (TPSA) is 209 Å². The molecular formula is C27H35Cl3FN3O10. The highest BCUT2D eigenvalue weighted by molar-refractivity contribution is 6.33. The highest BCUT2D eigenvalue weighted by Crippen LogP contribution is 2.29. The Morgan fingerprint density at radius 1 is 1.11 bits per heavy atom. The maximum atomic E-state index is 13.1. The van der Waals surface area contributed by atoms with Crippen LogP contribution in [0.25, 0.3) is 0 Å². The Morgan fingerprint density at radius 2 is 1.70 bits per heavy atom. The number of nitrogens with one attached hydrogen (secondary N) is 1. The number of carboxylic acid groups (broad SMARTS) is 3. The van der Waals surface area contributed by atoms with Crippen LogP contribution in [0.5, 0.6) is 5.75 Å². The molecule has 1 aliphatic rings. The molecule has 13 nitrogen and oxygen atoms in total. The first-order valence-electron chi connectivity index (χ1n) is 12.7. The van der Waals surface area contributed by atoms with Crippen LogP contribution in [0.1, 0.15) is 35.7 Å². The summed E-state index contributed by atoms with van der Waals surface area (Å²) in [4.78, 5) is 45.4. The van der Waals surface area contributed by atoms with E-state index in [1.54, 1.807) is 18.2 Å². The lowest BCUT2D eigenvalue weighted by Gasteiger charge is -2.33. The van der Waals surface area contributed by atoms with Gasteiger partial charge in [-0.15, -0.1) is 24.8 Å². The number of hydrogen-bond donors (Lipinski definition) is 6. The summed E-state index contributed by atoms with van der Waals surface area (Å²) in [5.41, 5.74) is 4.80. The fourth-order valence-electron chi connectivity index (χ4n) is 3.93. The van der Waals surface area contributed by atoms with Gasteiger partial charge in [-0.3, -0.25) is 19.3 Å². The molecule has 0 aliphatic carbocycles. The van der Waals surface area contributed by atoms with Crippen molar-refractivity contribution in [1.82, 2.24) is 10.2 Å². The second-order valence-electron chi connectivity index (χ2n) is 9.35. The predicted molar refractivity (Wildman–Crippen MR) is 162 cm³/mol. The van der Waals surface area contributed by atoms with Crippen molar-refractivity contribution in [2.75, 3.05) is 38.6 Å². The molecule has 1 unspecified atom stereocenters. The summed E-state index contributed by atoms with van der Waals surface area (Å²) in [6.07, 6.45) is -2.43. The van der Waals surface area contributed by atoms with E-state index in [1.165, 1.54) is 18.2 Å². The van der Waals surface area contributed by atoms with Crippen molar-refractivity contribution in [1.29, 1.82) is 0 Å². The third kappa shape index (κ3) is 13.1. The number of carbonyl (C=O) groups excluding carboxylic acids is 1. The number of nitrogen functional groups attached to an aromatic ring is 1. The van der Waals surface area contributed by atoms with Gasteiger partial charge in [0, 0.05) is 32.2 Å². The monoisotopic (exact) mass is 685 g/mol. The maximum Gasteiger partial charge on any atom is 0.336 e. The summed E-state index contributed by atoms with van der Waals surface area (Å²) in [5, 5.41) is 37.0. The molecule has 1 heterocycles. The first-order chi connectivity index (χ1) is 19.7. The number of hydrogen-bond acceptors (Lipinski definition) is 9. The number of carbonyl (C=O) groups is 4. The largest absolute Gasteiger partial charge is 0.493 e. The summed E-state index contributed by atoms with van der Waals surface area (Å²) in [5.74, 6) is -5.16. The van der Waals surface area contributed by atoms with Crippen LogP contribution < -0.4 is 15.8 Å². The zero-order valence-corrected chi connectivity index (χ0v) is 25.9. The number of rotatable bonds is 12. The van der Waals surface area contributed by atoms with Crippen LogP contribution in [0.2, 0.25) is 5.02 Å². The number of carboxylic acids is 3. The molecular weight excluding hydrogens is 652 g/mol. The van der Waals surface area contributed by atoms with Crippen molar-refractivity contribution in [3.05, 3.63) is 58.4 Å². The first-order valence-corrected chi connectivity index (χ1v) is 13.1. The van der Waals surface area contributed by atoms with E-state index in [-0.39, 0.29) is 42.6 Å². The van der Waals surface area contributed by atoms with Crippen molar-refractivity contribution < 1.29 is 53.5 Å². The van der Waals surface area contributed by atoms with Gasteiger partial charge in [0.2, 0.25) is 0 Å². The normalized spacial score (nSPS) is 14.5. The summed E-state index contributed by atoms with van der Waals surface area (Å²) in [6.45, 7) is 5.31. The molecule has 7 N–H and O–H groups in total. The molecule has 0 spiro atoms. The lowest BCUT2D eigenvalue weighted by Crippen LogP contribution is -2.47. The van der Waals surface area contributed by atoms with E-state index in [1.807, 2.05) is 6.92 Å². The van der Waals surface area contributed by atoms with E-state index in [9.17, 15) is 23.6 Å². The smallest absolute Gasteiger partial charge is 0.336 e. The van der Waals surface area contributed by atoms with Crippen LogP contribution in [0.15, 0.2) is 36.4 Å². The molecule has 2 aromatic rings. The molecule has 1 fully saturated rings. The van der Waals surface area contributed by atoms with Gasteiger partial charge in [-0.1, -0.05) is 23.7 Å². The second kappa shape index (κ2) is 19.1. The third-order valence-corrected chi connectivity index (χ3v) is 6.29. The number of benzene rings is 2. The number of morpholine rings is 1. The number of anilines is 1. The predicted octanol–water partition coefficient (Wildman–Crippen LogP) is 2.69. The number of amides is 1. The van der Waals surface area contributed by atoms with Gasteiger partial charge in [-0.05, 0) is 30.7 Å². The quantitative estimate of drug-likeness (QED) is 0.178. The molecule has 3 rings (SSSR count). The molecule has 2 aromatic carbocycles. The van der Waals surface area contributed by atoms with Crippen LogP contribution in [0.4, 0.5) is 10.1 Å². The van der Waals surface area contributed by atoms with E-state index in [2.05, 4.69) is 10.2 Å². The van der Waals surface area contributed by atoms with Crippen LogP contribution in [-0.4, -0.2) is 93.7 Å². The SMILES string of the molecule is CCOc1cc(N)c(Cl)cc1C(=O)NCC1CN(Cc2ccc(F)cc2)CCO1.Cl.Cl.O=C(O)CC(O)(CC(=O)O)C(=O)O. The summed E-state index contributed by atoms with van der Waals surface area (Å²) in [7, 11) is 0. The first kappa shape index (κ1) is 40.6. The Balaban J connectivity index is 0.00000106. The fourth-order valence-corrected chi connectivity index (χ4v) is 4.10. The molecule has 0 bridgehead atoms. The van der Waals surface area contributed by atoms with Crippen molar-refractivity contribution in [3.8, 4) is 5.75 Å². The minimum Gasteiger partial charge on any atom is -0.493 e. The van der Waals surface area contributed by atoms with Gasteiger partial charge in [-0.25, -0.2) is 9.18 Å². The Bertz CT molecular complexity index is 1250. The van der Waals surface area contributed by atoms with Gasteiger partial charge in [0.1, 0.15) is 11.6 Å². The molecule has 246 valence electrons. The zero-order valence-electron chi connectivity index (χ0n) is 23.5. The van der Waals surface area contributed by atoms with Gasteiger partial charge < -0.3 is 41.0 Å². The minimum absolute atomic E-state index is 0. The number of ether oxygens (including phenoxy) is 2. The number of halogens is 4. The van der Waals surface area contributed by atoms with Gasteiger partial charge in [0.25, 0.3) is 5.91 Å².